The largest absolute Gasteiger partial charge is 0.508 e. The molecule has 0 fully saturated rings. The van der Waals surface area contributed by atoms with Crippen molar-refractivity contribution in [3.63, 3.8) is 0 Å². The van der Waals surface area contributed by atoms with E-state index in [0.717, 1.165) is 30.5 Å². The van der Waals surface area contributed by atoms with Crippen LogP contribution in [0.25, 0.3) is 11.0 Å². The lowest BCUT2D eigenvalue weighted by Gasteiger charge is -2.12. The van der Waals surface area contributed by atoms with Crippen molar-refractivity contribution >= 4 is 11.0 Å². The number of aryl methyl sites for hydroxylation is 1. The van der Waals surface area contributed by atoms with Crippen LogP contribution in [0.3, 0.4) is 0 Å². The van der Waals surface area contributed by atoms with E-state index in [1.54, 1.807) is 24.6 Å². The number of nitrogens with two attached hydrogens (primary N) is 1. The lowest BCUT2D eigenvalue weighted by Crippen LogP contribution is -2.82. The summed E-state index contributed by atoms with van der Waals surface area (Å²) in [6, 6.07) is 5.05. The summed E-state index contributed by atoms with van der Waals surface area (Å²) in [5.74, 6) is 0.158. The molecule has 0 unspecified atom stereocenters. The second-order valence-electron chi connectivity index (χ2n) is 6.32. The number of quaternary nitrogens is 1. The molecule has 0 spiro atoms. The molecule has 0 amide bonds. The van der Waals surface area contributed by atoms with Crippen molar-refractivity contribution in [1.82, 2.24) is 0 Å². The van der Waals surface area contributed by atoms with Crippen molar-refractivity contribution in [2.45, 2.75) is 45.6 Å². The van der Waals surface area contributed by atoms with Crippen molar-refractivity contribution in [2.24, 2.45) is 0 Å². The maximum absolute atomic E-state index is 11.8. The number of fused-ring (bicyclic) bond motifs is 1. The van der Waals surface area contributed by atoms with Crippen molar-refractivity contribution in [1.29, 1.82) is 0 Å². The molecule has 4 nitrogen and oxygen atoms in total. The van der Waals surface area contributed by atoms with Gasteiger partial charge in [-0.3, -0.25) is 0 Å². The van der Waals surface area contributed by atoms with Crippen LogP contribution in [0, 0.1) is 6.92 Å². The zero-order valence-electron chi connectivity index (χ0n) is 13.6. The second kappa shape index (κ2) is 7.01. The average Bonchev–Trinajstić information content (AvgIpc) is 2.56. The van der Waals surface area contributed by atoms with Crippen molar-refractivity contribution in [3.05, 3.63) is 51.4 Å². The molecule has 1 aliphatic rings. The maximum Gasteiger partial charge on any atom is 0.336 e. The monoisotopic (exact) mass is 314 g/mol. The Morgan fingerprint density at radius 2 is 2.17 bits per heavy atom. The smallest absolute Gasteiger partial charge is 0.336 e. The minimum absolute atomic E-state index is 0.158. The fraction of sp³-hybridized carbons (Fsp3) is 0.421. The van der Waals surface area contributed by atoms with Crippen molar-refractivity contribution < 1.29 is 14.8 Å². The first-order valence-corrected chi connectivity index (χ1v) is 8.40. The molecule has 1 aromatic carbocycles. The molecule has 0 radical (unpaired) electrons. The van der Waals surface area contributed by atoms with Crippen LogP contribution in [-0.4, -0.2) is 11.7 Å². The highest BCUT2D eigenvalue weighted by molar-refractivity contribution is 5.84. The van der Waals surface area contributed by atoms with Crippen molar-refractivity contribution in [3.8, 4) is 5.75 Å². The van der Waals surface area contributed by atoms with Gasteiger partial charge >= 0.3 is 5.63 Å². The number of phenolic OH excluding ortho intramolecular Hbond substituents is 1. The molecule has 1 heterocycles. The van der Waals surface area contributed by atoms with Gasteiger partial charge in [0.25, 0.3) is 0 Å². The first-order chi connectivity index (χ1) is 11.1. The molecule has 0 atom stereocenters. The van der Waals surface area contributed by atoms with E-state index in [9.17, 15) is 9.90 Å². The van der Waals surface area contributed by atoms with Gasteiger partial charge in [-0.1, -0.05) is 11.6 Å². The molecule has 23 heavy (non-hydrogen) atoms. The van der Waals surface area contributed by atoms with E-state index in [2.05, 4.69) is 11.4 Å². The number of aromatic hydroxyl groups is 1. The first kappa shape index (κ1) is 15.8. The van der Waals surface area contributed by atoms with Crippen LogP contribution in [0.1, 0.15) is 43.2 Å². The van der Waals surface area contributed by atoms with Crippen LogP contribution < -0.4 is 10.9 Å². The standard InChI is InChI=1S/C19H23NO3/c1-13-17(21)8-7-16-15(11-18(22)23-19(13)16)12-20-10-9-14-5-3-2-4-6-14/h5,7-8,11,20-21H,2-4,6,9-10,12H2,1H3/p+1. The number of phenols is 1. The summed E-state index contributed by atoms with van der Waals surface area (Å²) in [7, 11) is 0. The maximum atomic E-state index is 11.8. The van der Waals surface area contributed by atoms with Gasteiger partial charge in [0, 0.05) is 29.0 Å². The van der Waals surface area contributed by atoms with Crippen LogP contribution in [0.2, 0.25) is 0 Å². The van der Waals surface area contributed by atoms with Crippen LogP contribution >= 0.6 is 0 Å². The molecule has 4 heteroatoms. The van der Waals surface area contributed by atoms with Crippen LogP contribution in [0.5, 0.6) is 5.75 Å². The summed E-state index contributed by atoms with van der Waals surface area (Å²) in [6.07, 6.45) is 8.62. The van der Waals surface area contributed by atoms with E-state index in [-0.39, 0.29) is 11.4 Å². The second-order valence-corrected chi connectivity index (χ2v) is 6.32. The van der Waals surface area contributed by atoms with Crippen molar-refractivity contribution in [2.75, 3.05) is 6.54 Å². The molecule has 0 aliphatic heterocycles. The Morgan fingerprint density at radius 1 is 1.30 bits per heavy atom. The highest BCUT2D eigenvalue weighted by Crippen LogP contribution is 2.27. The van der Waals surface area contributed by atoms with E-state index in [0.29, 0.717) is 11.1 Å². The third-order valence-corrected chi connectivity index (χ3v) is 4.64. The van der Waals surface area contributed by atoms with E-state index in [1.807, 2.05) is 6.07 Å². The Kier molecular flexibility index (Phi) is 4.82. The van der Waals surface area contributed by atoms with Gasteiger partial charge in [-0.2, -0.15) is 0 Å². The van der Waals surface area contributed by atoms with Gasteiger partial charge in [-0.15, -0.1) is 0 Å². The Labute approximate surface area is 135 Å². The normalized spacial score (nSPS) is 14.9. The Morgan fingerprint density at radius 3 is 2.96 bits per heavy atom. The zero-order chi connectivity index (χ0) is 16.2. The third kappa shape index (κ3) is 3.64. The fourth-order valence-corrected chi connectivity index (χ4v) is 3.26. The van der Waals surface area contributed by atoms with E-state index in [1.165, 1.54) is 25.7 Å². The average molecular weight is 314 g/mol. The third-order valence-electron chi connectivity index (χ3n) is 4.64. The number of benzene rings is 1. The predicted molar refractivity (Wildman–Crippen MR) is 90.6 cm³/mol. The Balaban J connectivity index is 1.71. The van der Waals surface area contributed by atoms with E-state index >= 15 is 0 Å². The topological polar surface area (TPSA) is 67.1 Å². The van der Waals surface area contributed by atoms with Gasteiger partial charge in [-0.05, 0) is 44.7 Å². The number of hydrogen-bond acceptors (Lipinski definition) is 3. The highest BCUT2D eigenvalue weighted by atomic mass is 16.4. The molecule has 1 aliphatic carbocycles. The number of allylic oxidation sites excluding steroid dienone is 1. The summed E-state index contributed by atoms with van der Waals surface area (Å²) in [5.41, 5.74) is 3.30. The molecule has 0 saturated heterocycles. The van der Waals surface area contributed by atoms with Crippen LogP contribution in [-0.2, 0) is 6.54 Å². The van der Waals surface area contributed by atoms with Gasteiger partial charge in [-0.25, -0.2) is 4.79 Å². The first-order valence-electron chi connectivity index (χ1n) is 8.40. The molecule has 3 rings (SSSR count). The van der Waals surface area contributed by atoms with Gasteiger partial charge in [0.2, 0.25) is 0 Å². The SMILES string of the molecule is Cc1c(O)ccc2c(C[NH2+]CCC3=CCCCC3)cc(=O)oc12. The van der Waals surface area contributed by atoms with Crippen LogP contribution in [0.4, 0.5) is 0 Å². The van der Waals surface area contributed by atoms with Gasteiger partial charge < -0.3 is 14.8 Å². The number of hydrogen-bond donors (Lipinski definition) is 2. The summed E-state index contributed by atoms with van der Waals surface area (Å²) in [6.45, 7) is 3.55. The van der Waals surface area contributed by atoms with Gasteiger partial charge in [0.1, 0.15) is 17.9 Å². The van der Waals surface area contributed by atoms with Crippen LogP contribution in [0.15, 0.2) is 39.1 Å². The minimum Gasteiger partial charge on any atom is -0.508 e. The fourth-order valence-electron chi connectivity index (χ4n) is 3.26. The molecular weight excluding hydrogens is 290 g/mol. The predicted octanol–water partition coefficient (Wildman–Crippen LogP) is 2.76. The molecule has 0 saturated carbocycles. The summed E-state index contributed by atoms with van der Waals surface area (Å²) in [5, 5.41) is 12.9. The lowest BCUT2D eigenvalue weighted by atomic mass is 9.97. The number of rotatable bonds is 5. The lowest BCUT2D eigenvalue weighted by molar-refractivity contribution is -0.669. The van der Waals surface area contributed by atoms with Gasteiger partial charge in [0.05, 0.1) is 6.54 Å². The van der Waals surface area contributed by atoms with Gasteiger partial charge in [0.15, 0.2) is 0 Å². The molecule has 2 aromatic rings. The molecule has 1 aromatic heterocycles. The van der Waals surface area contributed by atoms with E-state index < -0.39 is 0 Å². The molecule has 3 N–H and O–H groups in total. The summed E-state index contributed by atoms with van der Waals surface area (Å²) < 4.78 is 5.28. The quantitative estimate of drug-likeness (QED) is 0.506. The molecule has 122 valence electrons. The van der Waals surface area contributed by atoms with E-state index in [4.69, 9.17) is 4.42 Å². The molecule has 0 bridgehead atoms. The molecular formula is C19H24NO3+. The zero-order valence-corrected chi connectivity index (χ0v) is 13.6. The Hall–Kier alpha value is -2.07. The minimum atomic E-state index is -0.357. The summed E-state index contributed by atoms with van der Waals surface area (Å²) in [4.78, 5) is 11.8. The highest BCUT2D eigenvalue weighted by Gasteiger charge is 2.12. The summed E-state index contributed by atoms with van der Waals surface area (Å²) >= 11 is 0. The Bertz CT molecular complexity index is 789.